The Bertz CT molecular complexity index is 90.1. The first-order chi connectivity index (χ1) is 6.85. The van der Waals surface area contributed by atoms with E-state index in [1.54, 1.807) is 0 Å². The third-order valence-corrected chi connectivity index (χ3v) is 3.08. The van der Waals surface area contributed by atoms with Crippen LogP contribution in [0, 0.1) is 0 Å². The van der Waals surface area contributed by atoms with Crippen LogP contribution in [-0.4, -0.2) is 36.4 Å². The first-order valence-corrected chi connectivity index (χ1v) is 6.69. The van der Waals surface area contributed by atoms with Gasteiger partial charge in [-0.05, 0) is 27.3 Å². The van der Waals surface area contributed by atoms with Gasteiger partial charge in [-0.1, -0.05) is 13.3 Å². The van der Waals surface area contributed by atoms with Gasteiger partial charge in [0.2, 0.25) is 0 Å². The minimum atomic E-state index is -1.77. The van der Waals surface area contributed by atoms with Crippen molar-refractivity contribution in [3.8, 4) is 0 Å². The van der Waals surface area contributed by atoms with Gasteiger partial charge in [0, 0.05) is 19.8 Å². The van der Waals surface area contributed by atoms with Crippen LogP contribution in [0.1, 0.15) is 33.6 Å². The van der Waals surface area contributed by atoms with Gasteiger partial charge in [-0.2, -0.15) is 0 Å². The molecule has 0 aliphatic rings. The minimum absolute atomic E-state index is 0.684. The van der Waals surface area contributed by atoms with Crippen LogP contribution < -0.4 is 5.73 Å². The van der Waals surface area contributed by atoms with E-state index in [9.17, 15) is 0 Å². The highest BCUT2D eigenvalue weighted by Gasteiger charge is 2.12. The Hall–Kier alpha value is 0.0569. The zero-order chi connectivity index (χ0) is 11.2. The van der Waals surface area contributed by atoms with Crippen LogP contribution in [-0.2, 0) is 13.3 Å². The summed E-state index contributed by atoms with van der Waals surface area (Å²) in [4.78, 5) is 0. The SMILES string of the molecule is CCCCO[SiH](OCC)OCC.CN. The minimum Gasteiger partial charge on any atom is -0.376 e. The van der Waals surface area contributed by atoms with Crippen molar-refractivity contribution < 1.29 is 13.3 Å². The predicted octanol–water partition coefficient (Wildman–Crippen LogP) is 1.17. The Morgan fingerprint density at radius 1 is 0.929 bits per heavy atom. The summed E-state index contributed by atoms with van der Waals surface area (Å²) in [5.41, 5.74) is 4.50. The van der Waals surface area contributed by atoms with Crippen LogP contribution in [0.15, 0.2) is 0 Å². The van der Waals surface area contributed by atoms with Crippen LogP contribution in [0.2, 0.25) is 0 Å². The predicted molar refractivity (Wildman–Crippen MR) is 61.4 cm³/mol. The summed E-state index contributed by atoms with van der Waals surface area (Å²) in [6.07, 6.45) is 2.24. The summed E-state index contributed by atoms with van der Waals surface area (Å²) in [5.74, 6) is 0. The van der Waals surface area contributed by atoms with Crippen molar-refractivity contribution in [2.75, 3.05) is 26.9 Å². The molecule has 0 heterocycles. The van der Waals surface area contributed by atoms with Crippen molar-refractivity contribution in [2.45, 2.75) is 33.6 Å². The van der Waals surface area contributed by atoms with E-state index in [1.807, 2.05) is 13.8 Å². The second kappa shape index (κ2) is 15.5. The van der Waals surface area contributed by atoms with Crippen LogP contribution in [0.5, 0.6) is 0 Å². The zero-order valence-corrected chi connectivity index (χ0v) is 11.1. The largest absolute Gasteiger partial charge is 0.484 e. The van der Waals surface area contributed by atoms with Crippen molar-refractivity contribution in [3.63, 3.8) is 0 Å². The molecule has 0 aromatic rings. The molecule has 0 bridgehead atoms. The molecule has 0 fully saturated rings. The van der Waals surface area contributed by atoms with Gasteiger partial charge in [0.1, 0.15) is 0 Å². The van der Waals surface area contributed by atoms with Crippen LogP contribution in [0.4, 0.5) is 0 Å². The van der Waals surface area contributed by atoms with E-state index >= 15 is 0 Å². The van der Waals surface area contributed by atoms with E-state index in [2.05, 4.69) is 12.7 Å². The molecule has 0 atom stereocenters. The van der Waals surface area contributed by atoms with E-state index in [-0.39, 0.29) is 0 Å². The van der Waals surface area contributed by atoms with E-state index in [0.717, 1.165) is 19.4 Å². The molecule has 0 aromatic heterocycles. The fraction of sp³-hybridized carbons (Fsp3) is 1.00. The lowest BCUT2D eigenvalue weighted by Crippen LogP contribution is -2.27. The lowest BCUT2D eigenvalue weighted by atomic mass is 10.4. The van der Waals surface area contributed by atoms with Gasteiger partial charge >= 0.3 is 9.53 Å². The molecule has 0 spiro atoms. The summed E-state index contributed by atoms with van der Waals surface area (Å²) in [6, 6.07) is 0. The van der Waals surface area contributed by atoms with Crippen LogP contribution in [0.3, 0.4) is 0 Å². The normalized spacial score (nSPS) is 9.86. The van der Waals surface area contributed by atoms with Gasteiger partial charge in [0.25, 0.3) is 0 Å². The number of hydrogen-bond acceptors (Lipinski definition) is 4. The van der Waals surface area contributed by atoms with Gasteiger partial charge < -0.3 is 19.0 Å². The quantitative estimate of drug-likeness (QED) is 0.496. The Kier molecular flexibility index (Phi) is 18.3. The van der Waals surface area contributed by atoms with E-state index < -0.39 is 9.53 Å². The van der Waals surface area contributed by atoms with Gasteiger partial charge in [-0.25, -0.2) is 0 Å². The average Bonchev–Trinajstić information content (AvgIpc) is 2.22. The molecule has 5 heteroatoms. The lowest BCUT2D eigenvalue weighted by Gasteiger charge is -2.14. The van der Waals surface area contributed by atoms with Crippen LogP contribution >= 0.6 is 0 Å². The fourth-order valence-electron chi connectivity index (χ4n) is 0.740. The van der Waals surface area contributed by atoms with E-state index in [4.69, 9.17) is 13.3 Å². The molecule has 0 saturated heterocycles. The third-order valence-electron chi connectivity index (χ3n) is 1.36. The van der Waals surface area contributed by atoms with Gasteiger partial charge in [-0.3, -0.25) is 0 Å². The van der Waals surface area contributed by atoms with Crippen molar-refractivity contribution in [2.24, 2.45) is 5.73 Å². The molecule has 88 valence electrons. The van der Waals surface area contributed by atoms with Crippen LogP contribution in [0.25, 0.3) is 0 Å². The maximum atomic E-state index is 5.46. The summed E-state index contributed by atoms with van der Waals surface area (Å²) in [6.45, 7) is 8.20. The second-order valence-corrected chi connectivity index (χ2v) is 4.00. The zero-order valence-electron chi connectivity index (χ0n) is 9.91. The average molecular weight is 223 g/mol. The summed E-state index contributed by atoms with van der Waals surface area (Å²) in [5, 5.41) is 0. The summed E-state index contributed by atoms with van der Waals surface area (Å²) >= 11 is 0. The molecule has 0 saturated carbocycles. The molecule has 0 aliphatic heterocycles. The van der Waals surface area contributed by atoms with Crippen molar-refractivity contribution in [1.29, 1.82) is 0 Å². The first-order valence-electron chi connectivity index (χ1n) is 5.27. The Morgan fingerprint density at radius 3 is 1.79 bits per heavy atom. The van der Waals surface area contributed by atoms with Crippen molar-refractivity contribution in [1.82, 2.24) is 0 Å². The third kappa shape index (κ3) is 12.1. The van der Waals surface area contributed by atoms with Gasteiger partial charge in [0.05, 0.1) is 0 Å². The van der Waals surface area contributed by atoms with Crippen molar-refractivity contribution in [3.05, 3.63) is 0 Å². The lowest BCUT2D eigenvalue weighted by molar-refractivity contribution is 0.101. The van der Waals surface area contributed by atoms with Crippen molar-refractivity contribution >= 4 is 9.53 Å². The molecule has 4 nitrogen and oxygen atoms in total. The number of unbranched alkanes of at least 4 members (excludes halogenated alkanes) is 1. The first kappa shape index (κ1) is 16.5. The van der Waals surface area contributed by atoms with E-state index in [1.165, 1.54) is 7.05 Å². The Balaban J connectivity index is 0. The molecule has 0 amide bonds. The maximum absolute atomic E-state index is 5.46. The molecule has 0 unspecified atom stereocenters. The molecule has 0 rings (SSSR count). The standard InChI is InChI=1S/C8H20O3Si.CH5N/c1-4-7-8-11-12(9-5-2)10-6-3;1-2/h12H,4-8H2,1-3H3;2H2,1H3. The van der Waals surface area contributed by atoms with E-state index in [0.29, 0.717) is 13.2 Å². The monoisotopic (exact) mass is 223 g/mol. The second-order valence-electron chi connectivity index (χ2n) is 2.42. The number of hydrogen-bond donors (Lipinski definition) is 1. The topological polar surface area (TPSA) is 53.7 Å². The Morgan fingerprint density at radius 2 is 1.43 bits per heavy atom. The van der Waals surface area contributed by atoms with Gasteiger partial charge in [-0.15, -0.1) is 0 Å². The molecule has 0 aromatic carbocycles. The molecular formula is C9H25NO3Si. The molecule has 14 heavy (non-hydrogen) atoms. The highest BCUT2D eigenvalue weighted by molar-refractivity contribution is 6.36. The number of rotatable bonds is 8. The van der Waals surface area contributed by atoms with Gasteiger partial charge in [0.15, 0.2) is 0 Å². The summed E-state index contributed by atoms with van der Waals surface area (Å²) < 4.78 is 16.1. The number of nitrogens with two attached hydrogens (primary N) is 1. The highest BCUT2D eigenvalue weighted by atomic mass is 28.3. The maximum Gasteiger partial charge on any atom is 0.484 e. The fourth-order valence-corrected chi connectivity index (χ4v) is 1.93. The molecule has 0 aliphatic carbocycles. The molecular weight excluding hydrogens is 198 g/mol. The summed E-state index contributed by atoms with van der Waals surface area (Å²) in [7, 11) is -0.265. The molecule has 2 N–H and O–H groups in total. The highest BCUT2D eigenvalue weighted by Crippen LogP contribution is 1.95. The smallest absolute Gasteiger partial charge is 0.376 e. The Labute approximate surface area is 89.7 Å². The molecule has 0 radical (unpaired) electrons.